The predicted molar refractivity (Wildman–Crippen MR) is 68.6 cm³/mol. The van der Waals surface area contributed by atoms with Crippen molar-refractivity contribution in [3.05, 3.63) is 37.1 Å². The van der Waals surface area contributed by atoms with Crippen LogP contribution in [0.5, 0.6) is 0 Å². The zero-order valence-corrected chi connectivity index (χ0v) is 10.1. The zero-order chi connectivity index (χ0) is 11.9. The second-order valence-electron chi connectivity index (χ2n) is 3.96. The molecule has 0 radical (unpaired) electrons. The Balaban J connectivity index is 2.02. The van der Waals surface area contributed by atoms with E-state index in [4.69, 9.17) is 0 Å². The number of hydrogen-bond acceptors (Lipinski definition) is 3. The molecule has 2 heterocycles. The van der Waals surface area contributed by atoms with E-state index in [1.165, 1.54) is 6.42 Å². The Labute approximate surface area is 102 Å². The minimum Gasteiger partial charge on any atom is -0.329 e. The molecular formula is C13H18N4. The van der Waals surface area contributed by atoms with E-state index >= 15 is 0 Å². The van der Waals surface area contributed by atoms with Crippen LogP contribution < -0.4 is 5.32 Å². The van der Waals surface area contributed by atoms with E-state index in [0.29, 0.717) is 0 Å². The molecule has 0 saturated heterocycles. The molecule has 1 N–H and O–H groups in total. The van der Waals surface area contributed by atoms with Gasteiger partial charge in [-0.05, 0) is 25.1 Å². The quantitative estimate of drug-likeness (QED) is 0.771. The highest BCUT2D eigenvalue weighted by Crippen LogP contribution is 2.16. The van der Waals surface area contributed by atoms with E-state index in [1.807, 2.05) is 24.8 Å². The number of rotatable bonds is 6. The van der Waals surface area contributed by atoms with Gasteiger partial charge in [-0.15, -0.1) is 0 Å². The zero-order valence-electron chi connectivity index (χ0n) is 10.1. The summed E-state index contributed by atoms with van der Waals surface area (Å²) < 4.78 is 2.15. The molecule has 2 rings (SSSR count). The van der Waals surface area contributed by atoms with Gasteiger partial charge in [0.05, 0.1) is 18.2 Å². The summed E-state index contributed by atoms with van der Waals surface area (Å²) in [5, 5.41) is 3.39. The van der Waals surface area contributed by atoms with Crippen LogP contribution in [0.4, 0.5) is 0 Å². The van der Waals surface area contributed by atoms with Gasteiger partial charge in [-0.1, -0.05) is 6.92 Å². The van der Waals surface area contributed by atoms with E-state index in [0.717, 1.165) is 30.9 Å². The molecule has 0 fully saturated rings. The molecular weight excluding hydrogens is 212 g/mol. The minimum atomic E-state index is 0.935. The Bertz CT molecular complexity index is 436. The Kier molecular flexibility index (Phi) is 4.27. The van der Waals surface area contributed by atoms with Crippen LogP contribution in [0.15, 0.2) is 37.1 Å². The summed E-state index contributed by atoms with van der Waals surface area (Å²) in [5.74, 6) is 0. The summed E-state index contributed by atoms with van der Waals surface area (Å²) in [6.45, 7) is 5.14. The second-order valence-corrected chi connectivity index (χ2v) is 3.96. The Hall–Kier alpha value is -1.68. The van der Waals surface area contributed by atoms with Crippen LogP contribution in [0.2, 0.25) is 0 Å². The average Bonchev–Trinajstić information content (AvgIpc) is 2.84. The van der Waals surface area contributed by atoms with Crippen LogP contribution >= 0.6 is 0 Å². The molecule has 2 aromatic rings. The predicted octanol–water partition coefficient (Wildman–Crippen LogP) is 1.94. The van der Waals surface area contributed by atoms with E-state index < -0.39 is 0 Å². The Morgan fingerprint density at radius 3 is 2.94 bits per heavy atom. The van der Waals surface area contributed by atoms with Gasteiger partial charge >= 0.3 is 0 Å². The molecule has 0 aliphatic carbocycles. The van der Waals surface area contributed by atoms with Crippen molar-refractivity contribution < 1.29 is 0 Å². The molecule has 4 nitrogen and oxygen atoms in total. The minimum absolute atomic E-state index is 0.935. The molecule has 0 spiro atoms. The number of pyridine rings is 1. The molecule has 0 unspecified atom stereocenters. The van der Waals surface area contributed by atoms with Gasteiger partial charge in [-0.2, -0.15) is 0 Å². The first-order valence-corrected chi connectivity index (χ1v) is 6.03. The number of hydrogen-bond donors (Lipinski definition) is 1. The summed E-state index contributed by atoms with van der Waals surface area (Å²) >= 11 is 0. The van der Waals surface area contributed by atoms with Crippen molar-refractivity contribution in [2.75, 3.05) is 13.1 Å². The molecule has 4 heteroatoms. The normalized spacial score (nSPS) is 10.6. The van der Waals surface area contributed by atoms with Crippen LogP contribution in [0.1, 0.15) is 13.3 Å². The van der Waals surface area contributed by atoms with Crippen LogP contribution in [-0.2, 0) is 6.54 Å². The van der Waals surface area contributed by atoms with Gasteiger partial charge < -0.3 is 9.88 Å². The van der Waals surface area contributed by atoms with Gasteiger partial charge in [0.2, 0.25) is 0 Å². The van der Waals surface area contributed by atoms with Gasteiger partial charge in [0.1, 0.15) is 0 Å². The van der Waals surface area contributed by atoms with Gasteiger partial charge in [0.15, 0.2) is 0 Å². The monoisotopic (exact) mass is 230 g/mol. The molecule has 0 aliphatic heterocycles. The second kappa shape index (κ2) is 6.15. The van der Waals surface area contributed by atoms with E-state index in [-0.39, 0.29) is 0 Å². The lowest BCUT2D eigenvalue weighted by molar-refractivity contribution is 0.596. The molecule has 0 atom stereocenters. The van der Waals surface area contributed by atoms with Gasteiger partial charge in [-0.3, -0.25) is 4.98 Å². The van der Waals surface area contributed by atoms with Crippen molar-refractivity contribution in [3.63, 3.8) is 0 Å². The van der Waals surface area contributed by atoms with Gasteiger partial charge in [-0.25, -0.2) is 4.98 Å². The highest BCUT2D eigenvalue weighted by molar-refractivity contribution is 5.57. The first-order valence-electron chi connectivity index (χ1n) is 6.03. The van der Waals surface area contributed by atoms with E-state index in [9.17, 15) is 0 Å². The first kappa shape index (κ1) is 11.8. The number of imidazole rings is 1. The largest absolute Gasteiger partial charge is 0.329 e. The summed E-state index contributed by atoms with van der Waals surface area (Å²) in [5.41, 5.74) is 2.23. The number of nitrogens with zero attached hydrogens (tertiary/aromatic N) is 3. The molecule has 0 aliphatic rings. The van der Waals surface area contributed by atoms with Crippen molar-refractivity contribution in [3.8, 4) is 11.3 Å². The number of nitrogens with one attached hydrogen (secondary N) is 1. The fraction of sp³-hybridized carbons (Fsp3) is 0.385. The smallest absolute Gasteiger partial charge is 0.0951 e. The van der Waals surface area contributed by atoms with Crippen molar-refractivity contribution in [1.29, 1.82) is 0 Å². The number of aromatic nitrogens is 3. The molecule has 2 aromatic heterocycles. The van der Waals surface area contributed by atoms with Gasteiger partial charge in [0, 0.05) is 31.0 Å². The third kappa shape index (κ3) is 3.14. The average molecular weight is 230 g/mol. The van der Waals surface area contributed by atoms with Crippen molar-refractivity contribution in [1.82, 2.24) is 19.9 Å². The maximum Gasteiger partial charge on any atom is 0.0951 e. The summed E-state index contributed by atoms with van der Waals surface area (Å²) in [4.78, 5) is 8.34. The first-order chi connectivity index (χ1) is 8.42. The van der Waals surface area contributed by atoms with Crippen LogP contribution in [-0.4, -0.2) is 27.6 Å². The van der Waals surface area contributed by atoms with Crippen molar-refractivity contribution >= 4 is 0 Å². The Morgan fingerprint density at radius 2 is 2.18 bits per heavy atom. The van der Waals surface area contributed by atoms with Crippen LogP contribution in [0, 0.1) is 0 Å². The van der Waals surface area contributed by atoms with Crippen molar-refractivity contribution in [2.45, 2.75) is 19.9 Å². The molecule has 0 bridgehead atoms. The van der Waals surface area contributed by atoms with Crippen LogP contribution in [0.3, 0.4) is 0 Å². The molecule has 90 valence electrons. The standard InChI is InChI=1S/C13H18N4/c1-2-5-14-7-8-17-11-16-10-13(17)12-4-3-6-15-9-12/h3-4,6,9-11,14H,2,5,7-8H2,1H3. The summed E-state index contributed by atoms with van der Waals surface area (Å²) in [7, 11) is 0. The van der Waals surface area contributed by atoms with E-state index in [2.05, 4.69) is 32.8 Å². The fourth-order valence-electron chi connectivity index (χ4n) is 1.75. The van der Waals surface area contributed by atoms with Crippen LogP contribution in [0.25, 0.3) is 11.3 Å². The highest BCUT2D eigenvalue weighted by Gasteiger charge is 2.03. The molecule has 0 aromatic carbocycles. The van der Waals surface area contributed by atoms with Gasteiger partial charge in [0.25, 0.3) is 0 Å². The molecule has 17 heavy (non-hydrogen) atoms. The van der Waals surface area contributed by atoms with E-state index in [1.54, 1.807) is 6.20 Å². The topological polar surface area (TPSA) is 42.7 Å². The lowest BCUT2D eigenvalue weighted by Crippen LogP contribution is -2.20. The van der Waals surface area contributed by atoms with Crippen molar-refractivity contribution in [2.24, 2.45) is 0 Å². The third-order valence-corrected chi connectivity index (χ3v) is 2.63. The highest BCUT2D eigenvalue weighted by atomic mass is 15.1. The maximum absolute atomic E-state index is 4.20. The SMILES string of the molecule is CCCNCCn1cncc1-c1cccnc1. The maximum atomic E-state index is 4.20. The fourth-order valence-corrected chi connectivity index (χ4v) is 1.75. The lowest BCUT2D eigenvalue weighted by atomic mass is 10.2. The summed E-state index contributed by atoms with van der Waals surface area (Å²) in [6, 6.07) is 4.00. The Morgan fingerprint density at radius 1 is 1.24 bits per heavy atom. The third-order valence-electron chi connectivity index (χ3n) is 2.63. The lowest BCUT2D eigenvalue weighted by Gasteiger charge is -2.08. The summed E-state index contributed by atoms with van der Waals surface area (Å²) in [6.07, 6.45) is 8.58. The molecule has 0 amide bonds. The molecule has 0 saturated carbocycles.